The van der Waals surface area contributed by atoms with Crippen molar-refractivity contribution in [1.82, 2.24) is 0 Å². The normalized spacial score (nSPS) is 11.6. The topological polar surface area (TPSA) is 33.4 Å². The minimum atomic E-state index is 0.293. The van der Waals surface area contributed by atoms with Crippen molar-refractivity contribution in [1.29, 1.82) is 0 Å². The summed E-state index contributed by atoms with van der Waals surface area (Å²) >= 11 is 0. The molecule has 0 bridgehead atoms. The number of furan rings is 1. The molecule has 2 heteroatoms. The van der Waals surface area contributed by atoms with Gasteiger partial charge in [-0.2, -0.15) is 0 Å². The van der Waals surface area contributed by atoms with E-state index in [1.165, 1.54) is 0 Å². The fourth-order valence-electron chi connectivity index (χ4n) is 2.56. The molecule has 0 aliphatic carbocycles. The lowest BCUT2D eigenvalue weighted by Gasteiger charge is -2.04. The summed E-state index contributed by atoms with van der Waals surface area (Å²) < 4.78 is 5.55. The number of hydrogen-bond donors (Lipinski definition) is 1. The molecular weight excluding hydrogens is 224 g/mol. The van der Waals surface area contributed by atoms with Crippen LogP contribution >= 0.6 is 0 Å². The number of benzene rings is 3. The summed E-state index contributed by atoms with van der Waals surface area (Å²) in [6.45, 7) is 0. The van der Waals surface area contributed by atoms with Crippen LogP contribution in [0.15, 0.2) is 59.2 Å². The van der Waals surface area contributed by atoms with Crippen LogP contribution in [0.5, 0.6) is 5.75 Å². The van der Waals surface area contributed by atoms with Gasteiger partial charge in [-0.1, -0.05) is 24.3 Å². The summed E-state index contributed by atoms with van der Waals surface area (Å²) in [5.41, 5.74) is 0.919. The van der Waals surface area contributed by atoms with E-state index in [4.69, 9.17) is 4.42 Å². The summed E-state index contributed by atoms with van der Waals surface area (Å²) in [5.74, 6) is 0.293. The first-order chi connectivity index (χ1) is 8.83. The average Bonchev–Trinajstić information content (AvgIpc) is 2.86. The molecule has 0 atom stereocenters. The van der Waals surface area contributed by atoms with Crippen LogP contribution in [0.2, 0.25) is 0 Å². The molecule has 0 aliphatic heterocycles. The number of aromatic hydroxyl groups is 1. The highest BCUT2D eigenvalue weighted by molar-refractivity contribution is 6.15. The third-order valence-electron chi connectivity index (χ3n) is 3.41. The van der Waals surface area contributed by atoms with E-state index in [0.717, 1.165) is 32.5 Å². The maximum Gasteiger partial charge on any atom is 0.141 e. The molecule has 0 amide bonds. The summed E-state index contributed by atoms with van der Waals surface area (Å²) in [6, 6.07) is 15.6. The third kappa shape index (κ3) is 1.17. The molecule has 0 radical (unpaired) electrons. The van der Waals surface area contributed by atoms with Crippen LogP contribution in [0.4, 0.5) is 0 Å². The molecule has 2 nitrogen and oxygen atoms in total. The fraction of sp³-hybridized carbons (Fsp3) is 0. The summed E-state index contributed by atoms with van der Waals surface area (Å²) in [5, 5.41) is 15.1. The highest BCUT2D eigenvalue weighted by Gasteiger charge is 2.06. The van der Waals surface area contributed by atoms with Crippen molar-refractivity contribution in [3.05, 3.63) is 54.8 Å². The summed E-state index contributed by atoms with van der Waals surface area (Å²) in [4.78, 5) is 0. The number of phenols is 1. The third-order valence-corrected chi connectivity index (χ3v) is 3.41. The van der Waals surface area contributed by atoms with Crippen molar-refractivity contribution in [2.75, 3.05) is 0 Å². The Kier molecular flexibility index (Phi) is 1.73. The standard InChI is InChI=1S/C16H10O2/c17-12-3-6-13-11(9-12)2-5-15-14(13)4-1-10-7-8-18-16(10)15/h1-9,17H. The van der Waals surface area contributed by atoms with Gasteiger partial charge in [0.15, 0.2) is 0 Å². The van der Waals surface area contributed by atoms with E-state index < -0.39 is 0 Å². The van der Waals surface area contributed by atoms with Gasteiger partial charge in [-0.3, -0.25) is 0 Å². The number of phenolic OH excluding ortho intramolecular Hbond substituents is 1. The zero-order valence-electron chi connectivity index (χ0n) is 9.55. The molecular formula is C16H10O2. The quantitative estimate of drug-likeness (QED) is 0.456. The van der Waals surface area contributed by atoms with Gasteiger partial charge in [0, 0.05) is 10.8 Å². The van der Waals surface area contributed by atoms with Crippen molar-refractivity contribution in [3.8, 4) is 5.75 Å². The maximum atomic E-state index is 9.52. The maximum absolute atomic E-state index is 9.52. The second kappa shape index (κ2) is 3.26. The van der Waals surface area contributed by atoms with Crippen molar-refractivity contribution in [3.63, 3.8) is 0 Å². The van der Waals surface area contributed by atoms with Gasteiger partial charge in [0.25, 0.3) is 0 Å². The van der Waals surface area contributed by atoms with Crippen molar-refractivity contribution < 1.29 is 9.52 Å². The molecule has 3 aromatic carbocycles. The van der Waals surface area contributed by atoms with E-state index in [9.17, 15) is 5.11 Å². The summed E-state index contributed by atoms with van der Waals surface area (Å²) in [6.07, 6.45) is 1.71. The lowest BCUT2D eigenvalue weighted by molar-refractivity contribution is 0.476. The molecule has 4 aromatic rings. The molecule has 18 heavy (non-hydrogen) atoms. The van der Waals surface area contributed by atoms with E-state index >= 15 is 0 Å². The first kappa shape index (κ1) is 9.54. The Bertz CT molecular complexity index is 887. The Morgan fingerprint density at radius 1 is 0.722 bits per heavy atom. The van der Waals surface area contributed by atoms with Gasteiger partial charge in [0.1, 0.15) is 11.3 Å². The Labute approximate surface area is 103 Å². The second-order valence-corrected chi connectivity index (χ2v) is 4.47. The van der Waals surface area contributed by atoms with E-state index in [1.807, 2.05) is 24.3 Å². The zero-order valence-corrected chi connectivity index (χ0v) is 9.55. The van der Waals surface area contributed by atoms with Crippen LogP contribution < -0.4 is 0 Å². The minimum absolute atomic E-state index is 0.293. The molecule has 86 valence electrons. The largest absolute Gasteiger partial charge is 0.508 e. The number of rotatable bonds is 0. The van der Waals surface area contributed by atoms with E-state index in [1.54, 1.807) is 18.4 Å². The Hall–Kier alpha value is -2.48. The fourth-order valence-corrected chi connectivity index (χ4v) is 2.56. The van der Waals surface area contributed by atoms with Gasteiger partial charge < -0.3 is 9.52 Å². The van der Waals surface area contributed by atoms with Crippen LogP contribution in [0, 0.1) is 0 Å². The van der Waals surface area contributed by atoms with Crippen LogP contribution in [0.1, 0.15) is 0 Å². The first-order valence-corrected chi connectivity index (χ1v) is 5.84. The van der Waals surface area contributed by atoms with Gasteiger partial charge >= 0.3 is 0 Å². The minimum Gasteiger partial charge on any atom is -0.508 e. The molecule has 0 aliphatic rings. The molecule has 0 spiro atoms. The van der Waals surface area contributed by atoms with Crippen molar-refractivity contribution >= 4 is 32.5 Å². The molecule has 1 heterocycles. The van der Waals surface area contributed by atoms with Crippen molar-refractivity contribution in [2.24, 2.45) is 0 Å². The van der Waals surface area contributed by atoms with Gasteiger partial charge in [-0.05, 0) is 40.4 Å². The predicted octanol–water partition coefficient (Wildman–Crippen LogP) is 4.44. The van der Waals surface area contributed by atoms with E-state index in [0.29, 0.717) is 5.75 Å². The van der Waals surface area contributed by atoms with Gasteiger partial charge in [0.2, 0.25) is 0 Å². The van der Waals surface area contributed by atoms with Crippen LogP contribution in [-0.4, -0.2) is 5.11 Å². The smallest absolute Gasteiger partial charge is 0.141 e. The van der Waals surface area contributed by atoms with E-state index in [-0.39, 0.29) is 0 Å². The monoisotopic (exact) mass is 234 g/mol. The van der Waals surface area contributed by atoms with E-state index in [2.05, 4.69) is 12.1 Å². The summed E-state index contributed by atoms with van der Waals surface area (Å²) in [7, 11) is 0. The lowest BCUT2D eigenvalue weighted by Crippen LogP contribution is -1.78. The van der Waals surface area contributed by atoms with Crippen molar-refractivity contribution in [2.45, 2.75) is 0 Å². The SMILES string of the molecule is Oc1ccc2c(ccc3c2ccc2ccoc23)c1. The van der Waals surface area contributed by atoms with Crippen LogP contribution in [-0.2, 0) is 0 Å². The molecule has 0 unspecified atom stereocenters. The highest BCUT2D eigenvalue weighted by Crippen LogP contribution is 2.32. The Balaban J connectivity index is 2.28. The van der Waals surface area contributed by atoms with Gasteiger partial charge in [-0.15, -0.1) is 0 Å². The Morgan fingerprint density at radius 2 is 1.50 bits per heavy atom. The van der Waals surface area contributed by atoms with Crippen LogP contribution in [0.25, 0.3) is 32.5 Å². The average molecular weight is 234 g/mol. The zero-order chi connectivity index (χ0) is 12.1. The molecule has 0 fully saturated rings. The number of hydrogen-bond acceptors (Lipinski definition) is 2. The molecule has 0 saturated carbocycles. The molecule has 0 saturated heterocycles. The van der Waals surface area contributed by atoms with Gasteiger partial charge in [-0.25, -0.2) is 0 Å². The number of fused-ring (bicyclic) bond motifs is 5. The molecule has 1 aromatic heterocycles. The highest BCUT2D eigenvalue weighted by atomic mass is 16.3. The Morgan fingerprint density at radius 3 is 2.44 bits per heavy atom. The second-order valence-electron chi connectivity index (χ2n) is 4.47. The lowest BCUT2D eigenvalue weighted by atomic mass is 10.0. The molecule has 1 N–H and O–H groups in total. The first-order valence-electron chi connectivity index (χ1n) is 5.84. The van der Waals surface area contributed by atoms with Gasteiger partial charge in [0.05, 0.1) is 6.26 Å². The molecule has 4 rings (SSSR count). The predicted molar refractivity (Wildman–Crippen MR) is 72.9 cm³/mol. The van der Waals surface area contributed by atoms with Crippen LogP contribution in [0.3, 0.4) is 0 Å².